The van der Waals surface area contributed by atoms with E-state index in [9.17, 15) is 26.7 Å². The van der Waals surface area contributed by atoms with Gasteiger partial charge in [-0.2, -0.15) is 22.0 Å². The molecule has 4 nitrogen and oxygen atoms in total. The molecule has 2 aromatic carbocycles. The van der Waals surface area contributed by atoms with E-state index in [0.29, 0.717) is 25.9 Å². The summed E-state index contributed by atoms with van der Waals surface area (Å²) in [5.41, 5.74) is -2.10. The number of alkyl halides is 5. The second-order valence-electron chi connectivity index (χ2n) is 7.26. The minimum Gasteiger partial charge on any atom is -0.460 e. The molecule has 0 atom stereocenters. The molecule has 3 rings (SSSR count). The highest BCUT2D eigenvalue weighted by Gasteiger charge is 2.60. The molecule has 0 spiro atoms. The summed E-state index contributed by atoms with van der Waals surface area (Å²) < 4.78 is 76.9. The molecule has 1 fully saturated rings. The third-order valence-corrected chi connectivity index (χ3v) is 5.09. The number of ether oxygens (including phenoxy) is 2. The van der Waals surface area contributed by atoms with Gasteiger partial charge in [-0.3, -0.25) is 0 Å². The third-order valence-electron chi connectivity index (χ3n) is 5.09. The molecule has 1 heterocycles. The van der Waals surface area contributed by atoms with Gasteiger partial charge in [0.05, 0.1) is 0 Å². The Bertz CT molecular complexity index is 819. The van der Waals surface area contributed by atoms with Crippen molar-refractivity contribution in [1.29, 1.82) is 0 Å². The molecule has 0 amide bonds. The van der Waals surface area contributed by atoms with Gasteiger partial charge >= 0.3 is 18.1 Å². The van der Waals surface area contributed by atoms with Crippen molar-refractivity contribution < 1.29 is 36.2 Å². The van der Waals surface area contributed by atoms with E-state index in [1.807, 2.05) is 0 Å². The zero-order valence-electron chi connectivity index (χ0n) is 16.9. The summed E-state index contributed by atoms with van der Waals surface area (Å²) in [5.74, 6) is -6.19. The molecule has 1 aliphatic heterocycles. The second-order valence-corrected chi connectivity index (χ2v) is 7.26. The first kappa shape index (κ1) is 26.0. The summed E-state index contributed by atoms with van der Waals surface area (Å²) >= 11 is 0. The predicted molar refractivity (Wildman–Crippen MR) is 110 cm³/mol. The highest BCUT2D eigenvalue weighted by molar-refractivity contribution is 5.86. The molecule has 0 aromatic heterocycles. The number of benzene rings is 2. The van der Waals surface area contributed by atoms with Gasteiger partial charge in [0.1, 0.15) is 12.7 Å². The SMILES string of the molecule is Cl.O=C(OC1CCNCC1)C(OCC(F)(F)C(F)(F)F)(c1ccccc1)c1ccccc1. The van der Waals surface area contributed by atoms with Gasteiger partial charge in [0.25, 0.3) is 0 Å². The maximum atomic E-state index is 13.8. The topological polar surface area (TPSA) is 47.6 Å². The molecule has 0 aliphatic carbocycles. The standard InChI is InChI=1S/C22H22F5NO3.ClH/c23-20(24,22(25,26)27)15-30-21(16-7-3-1-4-8-16,17-9-5-2-6-10-17)19(29)31-18-11-13-28-14-12-18;/h1-10,18,28H,11-15H2;1H. The van der Waals surface area contributed by atoms with Gasteiger partial charge in [-0.1, -0.05) is 60.7 Å². The Hall–Kier alpha value is -2.23. The minimum absolute atomic E-state index is 0. The molecule has 0 radical (unpaired) electrons. The molecule has 176 valence electrons. The largest absolute Gasteiger partial charge is 0.460 e. The van der Waals surface area contributed by atoms with Crippen molar-refractivity contribution in [2.45, 2.75) is 36.6 Å². The summed E-state index contributed by atoms with van der Waals surface area (Å²) in [7, 11) is 0. The van der Waals surface area contributed by atoms with Crippen LogP contribution in [0, 0.1) is 0 Å². The van der Waals surface area contributed by atoms with E-state index in [0.717, 1.165) is 0 Å². The van der Waals surface area contributed by atoms with Crippen LogP contribution >= 0.6 is 12.4 Å². The number of carbonyl (C=O) groups is 1. The summed E-state index contributed by atoms with van der Waals surface area (Å²) in [6, 6.07) is 15.1. The Labute approximate surface area is 188 Å². The van der Waals surface area contributed by atoms with E-state index in [1.165, 1.54) is 48.5 Å². The fourth-order valence-electron chi connectivity index (χ4n) is 3.40. The lowest BCUT2D eigenvalue weighted by molar-refractivity contribution is -0.304. The summed E-state index contributed by atoms with van der Waals surface area (Å²) in [5, 5.41) is 3.11. The van der Waals surface area contributed by atoms with Crippen LogP contribution in [0.5, 0.6) is 0 Å². The summed E-state index contributed by atoms with van der Waals surface area (Å²) in [4.78, 5) is 13.4. The fourth-order valence-corrected chi connectivity index (χ4v) is 3.40. The van der Waals surface area contributed by atoms with Crippen LogP contribution in [-0.4, -0.2) is 43.9 Å². The number of hydrogen-bond donors (Lipinski definition) is 1. The number of rotatable bonds is 7. The minimum atomic E-state index is -5.83. The van der Waals surface area contributed by atoms with Gasteiger partial charge in [0.15, 0.2) is 0 Å². The molecule has 0 saturated carbocycles. The van der Waals surface area contributed by atoms with Gasteiger partial charge in [0, 0.05) is 0 Å². The lowest BCUT2D eigenvalue weighted by Gasteiger charge is -2.36. The van der Waals surface area contributed by atoms with E-state index < -0.39 is 36.4 Å². The fraction of sp³-hybridized carbons (Fsp3) is 0.409. The predicted octanol–water partition coefficient (Wildman–Crippen LogP) is 4.86. The summed E-state index contributed by atoms with van der Waals surface area (Å²) in [6.07, 6.45) is -5.36. The number of piperidine rings is 1. The highest BCUT2D eigenvalue weighted by Crippen LogP contribution is 2.41. The van der Waals surface area contributed by atoms with Gasteiger partial charge in [-0.25, -0.2) is 4.79 Å². The quantitative estimate of drug-likeness (QED) is 0.455. The van der Waals surface area contributed by atoms with Crippen LogP contribution in [0.2, 0.25) is 0 Å². The molecule has 1 N–H and O–H groups in total. The van der Waals surface area contributed by atoms with Crippen molar-refractivity contribution in [2.75, 3.05) is 19.7 Å². The van der Waals surface area contributed by atoms with Crippen LogP contribution in [0.1, 0.15) is 24.0 Å². The Kier molecular flexibility index (Phi) is 8.61. The van der Waals surface area contributed by atoms with Crippen molar-refractivity contribution in [3.8, 4) is 0 Å². The lowest BCUT2D eigenvalue weighted by atomic mass is 9.85. The molecule has 32 heavy (non-hydrogen) atoms. The zero-order valence-corrected chi connectivity index (χ0v) is 17.7. The third kappa shape index (κ3) is 5.57. The molecule has 1 aliphatic rings. The average Bonchev–Trinajstić information content (AvgIpc) is 2.75. The van der Waals surface area contributed by atoms with E-state index in [-0.39, 0.29) is 23.5 Å². The number of halogens is 6. The van der Waals surface area contributed by atoms with E-state index in [4.69, 9.17) is 9.47 Å². The molecule has 0 bridgehead atoms. The van der Waals surface area contributed by atoms with Crippen LogP contribution in [0.25, 0.3) is 0 Å². The van der Waals surface area contributed by atoms with Crippen molar-refractivity contribution in [2.24, 2.45) is 0 Å². The van der Waals surface area contributed by atoms with Gasteiger partial charge in [-0.15, -0.1) is 12.4 Å². The molecular weight excluding hydrogens is 457 g/mol. The Morgan fingerprint density at radius 2 is 1.34 bits per heavy atom. The number of esters is 1. The first-order chi connectivity index (χ1) is 14.7. The zero-order chi connectivity index (χ0) is 22.5. The first-order valence-electron chi connectivity index (χ1n) is 9.78. The number of nitrogens with one attached hydrogen (secondary N) is 1. The van der Waals surface area contributed by atoms with Crippen LogP contribution in [-0.2, 0) is 19.9 Å². The van der Waals surface area contributed by atoms with Gasteiger partial charge in [0.2, 0.25) is 5.60 Å². The molecule has 1 saturated heterocycles. The molecule has 10 heteroatoms. The van der Waals surface area contributed by atoms with Crippen LogP contribution in [0.4, 0.5) is 22.0 Å². The average molecular weight is 480 g/mol. The number of hydrogen-bond acceptors (Lipinski definition) is 4. The van der Waals surface area contributed by atoms with Crippen LogP contribution in [0.15, 0.2) is 60.7 Å². The van der Waals surface area contributed by atoms with Gasteiger partial charge < -0.3 is 14.8 Å². The van der Waals surface area contributed by atoms with E-state index in [2.05, 4.69) is 5.32 Å². The molecule has 0 unspecified atom stereocenters. The van der Waals surface area contributed by atoms with Crippen LogP contribution in [0.3, 0.4) is 0 Å². The van der Waals surface area contributed by atoms with E-state index in [1.54, 1.807) is 12.1 Å². The highest BCUT2D eigenvalue weighted by atomic mass is 35.5. The Balaban J connectivity index is 0.00000363. The normalized spacial score (nSPS) is 15.7. The van der Waals surface area contributed by atoms with Gasteiger partial charge in [-0.05, 0) is 37.1 Å². The maximum absolute atomic E-state index is 13.8. The molecule has 2 aromatic rings. The Morgan fingerprint density at radius 1 is 0.875 bits per heavy atom. The summed E-state index contributed by atoms with van der Waals surface area (Å²) in [6.45, 7) is -0.856. The second kappa shape index (κ2) is 10.6. The van der Waals surface area contributed by atoms with Crippen molar-refractivity contribution in [3.05, 3.63) is 71.8 Å². The molecular formula is C22H23ClF5NO3. The number of carbonyl (C=O) groups excluding carboxylic acids is 1. The van der Waals surface area contributed by atoms with Crippen molar-refractivity contribution in [3.63, 3.8) is 0 Å². The first-order valence-corrected chi connectivity index (χ1v) is 9.78. The smallest absolute Gasteiger partial charge is 0.455 e. The van der Waals surface area contributed by atoms with Crippen LogP contribution < -0.4 is 5.32 Å². The van der Waals surface area contributed by atoms with Crippen molar-refractivity contribution >= 4 is 18.4 Å². The lowest BCUT2D eigenvalue weighted by Crippen LogP contribution is -2.49. The Morgan fingerprint density at radius 3 is 1.78 bits per heavy atom. The van der Waals surface area contributed by atoms with E-state index >= 15 is 0 Å². The monoisotopic (exact) mass is 479 g/mol. The maximum Gasteiger partial charge on any atom is 0.455 e. The van der Waals surface area contributed by atoms with Crippen molar-refractivity contribution in [1.82, 2.24) is 5.32 Å².